The van der Waals surface area contributed by atoms with Gasteiger partial charge < -0.3 is 15.1 Å². The van der Waals surface area contributed by atoms with Crippen LogP contribution >= 0.6 is 0 Å². The number of rotatable bonds is 7. The second-order valence-corrected chi connectivity index (χ2v) is 6.59. The van der Waals surface area contributed by atoms with Gasteiger partial charge in [-0.3, -0.25) is 9.59 Å². The van der Waals surface area contributed by atoms with Crippen LogP contribution < -0.4 is 10.6 Å². The lowest BCUT2D eigenvalue weighted by Gasteiger charge is -2.21. The fraction of sp³-hybridized carbons (Fsp3) is 0.250. The first-order chi connectivity index (χ1) is 13.5. The largest absolute Gasteiger partial charge is 0.459 e. The van der Waals surface area contributed by atoms with Gasteiger partial charge in [0.2, 0.25) is 5.91 Å². The van der Waals surface area contributed by atoms with E-state index in [0.29, 0.717) is 11.4 Å². The van der Waals surface area contributed by atoms with E-state index in [1.807, 2.05) is 13.8 Å². The molecule has 0 saturated heterocycles. The number of nitrogens with one attached hydrogen (secondary N) is 2. The van der Waals surface area contributed by atoms with Crippen molar-refractivity contribution in [2.75, 3.05) is 0 Å². The van der Waals surface area contributed by atoms with E-state index in [2.05, 4.69) is 15.7 Å². The maximum Gasteiger partial charge on any atom is 0.287 e. The Kier molecular flexibility index (Phi) is 5.88. The molecule has 8 heteroatoms. The molecule has 2 N–H and O–H groups in total. The number of halogens is 1. The second kappa shape index (κ2) is 8.51. The van der Waals surface area contributed by atoms with Crippen molar-refractivity contribution in [2.45, 2.75) is 26.4 Å². The number of furan rings is 1. The quantitative estimate of drug-likeness (QED) is 0.655. The van der Waals surface area contributed by atoms with Gasteiger partial charge in [-0.1, -0.05) is 26.0 Å². The molecule has 1 unspecified atom stereocenters. The number of amides is 2. The van der Waals surface area contributed by atoms with E-state index < -0.39 is 11.9 Å². The molecule has 0 bridgehead atoms. The number of nitrogens with zero attached hydrogens (tertiary/aromatic N) is 2. The summed E-state index contributed by atoms with van der Waals surface area (Å²) in [4.78, 5) is 24.7. The van der Waals surface area contributed by atoms with Crippen LogP contribution in [-0.4, -0.2) is 27.6 Å². The van der Waals surface area contributed by atoms with Crippen molar-refractivity contribution in [1.29, 1.82) is 0 Å². The Hall–Kier alpha value is -3.42. The van der Waals surface area contributed by atoms with Crippen molar-refractivity contribution in [3.63, 3.8) is 0 Å². The lowest BCUT2D eigenvalue weighted by molar-refractivity contribution is -0.124. The lowest BCUT2D eigenvalue weighted by Crippen LogP contribution is -2.49. The number of hydrogen-bond donors (Lipinski definition) is 2. The van der Waals surface area contributed by atoms with Crippen LogP contribution in [0.1, 0.15) is 30.1 Å². The summed E-state index contributed by atoms with van der Waals surface area (Å²) in [6, 6.07) is 10.4. The minimum absolute atomic E-state index is 0.130. The highest BCUT2D eigenvalue weighted by Crippen LogP contribution is 2.12. The summed E-state index contributed by atoms with van der Waals surface area (Å²) in [5.74, 6) is -1.17. The van der Waals surface area contributed by atoms with Crippen LogP contribution in [0, 0.1) is 11.7 Å². The highest BCUT2D eigenvalue weighted by atomic mass is 19.1. The summed E-state index contributed by atoms with van der Waals surface area (Å²) in [5.41, 5.74) is 0.891. The highest BCUT2D eigenvalue weighted by molar-refractivity contribution is 5.95. The molecule has 1 aromatic carbocycles. The molecule has 0 aliphatic heterocycles. The third kappa shape index (κ3) is 4.46. The summed E-state index contributed by atoms with van der Waals surface area (Å²) < 4.78 is 20.3. The minimum Gasteiger partial charge on any atom is -0.459 e. The number of carbonyl (C=O) groups is 2. The van der Waals surface area contributed by atoms with Crippen LogP contribution in [0.4, 0.5) is 4.39 Å². The van der Waals surface area contributed by atoms with Crippen LogP contribution in [0.25, 0.3) is 5.69 Å². The summed E-state index contributed by atoms with van der Waals surface area (Å²) in [7, 11) is 0. The van der Waals surface area contributed by atoms with Gasteiger partial charge in [0, 0.05) is 6.20 Å². The number of aromatic nitrogens is 2. The predicted octanol–water partition coefficient (Wildman–Crippen LogP) is 2.68. The molecule has 146 valence electrons. The van der Waals surface area contributed by atoms with Gasteiger partial charge in [0.15, 0.2) is 5.76 Å². The normalized spacial score (nSPS) is 12.0. The Morgan fingerprint density at radius 2 is 1.96 bits per heavy atom. The SMILES string of the molecule is CC(C)C(NC(=O)c1ccco1)C(=O)NCc1ccn(-c2ccccc2F)n1. The molecular formula is C20H21FN4O3. The number of hydrogen-bond acceptors (Lipinski definition) is 4. The van der Waals surface area contributed by atoms with Crippen LogP contribution in [0.15, 0.2) is 59.3 Å². The first kappa shape index (κ1) is 19.3. The summed E-state index contributed by atoms with van der Waals surface area (Å²) in [6.45, 7) is 3.82. The Morgan fingerprint density at radius 3 is 2.64 bits per heavy atom. The molecule has 3 rings (SSSR count). The van der Waals surface area contributed by atoms with Gasteiger partial charge in [-0.05, 0) is 36.2 Å². The van der Waals surface area contributed by atoms with Crippen LogP contribution in [0.5, 0.6) is 0 Å². The van der Waals surface area contributed by atoms with Gasteiger partial charge in [0.05, 0.1) is 18.5 Å². The zero-order valence-corrected chi connectivity index (χ0v) is 15.6. The molecule has 0 fully saturated rings. The average molecular weight is 384 g/mol. The Morgan fingerprint density at radius 1 is 1.18 bits per heavy atom. The third-order valence-electron chi connectivity index (χ3n) is 4.17. The first-order valence-corrected chi connectivity index (χ1v) is 8.87. The van der Waals surface area contributed by atoms with Gasteiger partial charge in [-0.2, -0.15) is 5.10 Å². The lowest BCUT2D eigenvalue weighted by atomic mass is 10.0. The molecule has 1 atom stereocenters. The molecule has 0 radical (unpaired) electrons. The third-order valence-corrected chi connectivity index (χ3v) is 4.17. The van der Waals surface area contributed by atoms with Crippen molar-refractivity contribution >= 4 is 11.8 Å². The van der Waals surface area contributed by atoms with Gasteiger partial charge in [-0.15, -0.1) is 0 Å². The van der Waals surface area contributed by atoms with Crippen molar-refractivity contribution in [1.82, 2.24) is 20.4 Å². The van der Waals surface area contributed by atoms with Crippen LogP contribution in [-0.2, 0) is 11.3 Å². The van der Waals surface area contributed by atoms with Crippen LogP contribution in [0.3, 0.4) is 0 Å². The molecule has 0 aliphatic carbocycles. The number of benzene rings is 1. The molecular weight excluding hydrogens is 363 g/mol. The average Bonchev–Trinajstić information content (AvgIpc) is 3.36. The topological polar surface area (TPSA) is 89.2 Å². The zero-order chi connectivity index (χ0) is 20.1. The van der Waals surface area contributed by atoms with Gasteiger partial charge >= 0.3 is 0 Å². The zero-order valence-electron chi connectivity index (χ0n) is 15.6. The molecule has 0 saturated carbocycles. The van der Waals surface area contributed by atoms with E-state index in [9.17, 15) is 14.0 Å². The van der Waals surface area contributed by atoms with Gasteiger partial charge in [0.1, 0.15) is 17.5 Å². The van der Waals surface area contributed by atoms with Gasteiger partial charge in [-0.25, -0.2) is 9.07 Å². The van der Waals surface area contributed by atoms with E-state index in [1.54, 1.807) is 36.5 Å². The molecule has 2 amide bonds. The van der Waals surface area contributed by atoms with Crippen molar-refractivity contribution < 1.29 is 18.4 Å². The Labute approximate surface area is 161 Å². The maximum atomic E-state index is 13.9. The predicted molar refractivity (Wildman–Crippen MR) is 100 cm³/mol. The van der Waals surface area contributed by atoms with Gasteiger partial charge in [0.25, 0.3) is 5.91 Å². The van der Waals surface area contributed by atoms with E-state index >= 15 is 0 Å². The molecule has 2 heterocycles. The molecule has 0 aliphatic rings. The monoisotopic (exact) mass is 384 g/mol. The smallest absolute Gasteiger partial charge is 0.287 e. The number of carbonyl (C=O) groups excluding carboxylic acids is 2. The Balaban J connectivity index is 1.62. The Bertz CT molecular complexity index is 950. The van der Waals surface area contributed by atoms with Crippen molar-refractivity contribution in [2.24, 2.45) is 5.92 Å². The van der Waals surface area contributed by atoms with Crippen LogP contribution in [0.2, 0.25) is 0 Å². The molecule has 3 aromatic rings. The fourth-order valence-electron chi connectivity index (χ4n) is 2.67. The minimum atomic E-state index is -0.730. The molecule has 28 heavy (non-hydrogen) atoms. The summed E-state index contributed by atoms with van der Waals surface area (Å²) in [6.07, 6.45) is 3.02. The molecule has 2 aromatic heterocycles. The first-order valence-electron chi connectivity index (χ1n) is 8.87. The van der Waals surface area contributed by atoms with Crippen molar-refractivity contribution in [3.05, 3.63) is 72.2 Å². The standard InChI is InChI=1S/C20H21FN4O3/c1-13(2)18(23-19(26)17-8-5-11-28-17)20(27)22-12-14-9-10-25(24-14)16-7-4-3-6-15(16)21/h3-11,13,18H,12H2,1-2H3,(H,22,27)(H,23,26). The van der Waals surface area contributed by atoms with E-state index in [0.717, 1.165) is 0 Å². The van der Waals surface area contributed by atoms with E-state index in [1.165, 1.54) is 23.1 Å². The fourth-order valence-corrected chi connectivity index (χ4v) is 2.67. The second-order valence-electron chi connectivity index (χ2n) is 6.59. The van der Waals surface area contributed by atoms with E-state index in [4.69, 9.17) is 4.42 Å². The van der Waals surface area contributed by atoms with E-state index in [-0.39, 0.29) is 29.9 Å². The molecule has 0 spiro atoms. The summed E-state index contributed by atoms with van der Waals surface area (Å²) in [5, 5.41) is 9.71. The summed E-state index contributed by atoms with van der Waals surface area (Å²) >= 11 is 0. The highest BCUT2D eigenvalue weighted by Gasteiger charge is 2.25. The molecule has 7 nitrogen and oxygen atoms in total. The number of para-hydroxylation sites is 1. The van der Waals surface area contributed by atoms with Crippen molar-refractivity contribution in [3.8, 4) is 5.69 Å². The maximum absolute atomic E-state index is 13.9.